The Morgan fingerprint density at radius 3 is 3.13 bits per heavy atom. The molecule has 4 nitrogen and oxygen atoms in total. The molecule has 1 saturated heterocycles. The monoisotopic (exact) mass is 226 g/mol. The molecule has 0 saturated carbocycles. The molecule has 5 heteroatoms. The van der Waals surface area contributed by atoms with E-state index >= 15 is 0 Å². The second-order valence-corrected chi connectivity index (χ2v) is 4.77. The van der Waals surface area contributed by atoms with Crippen molar-refractivity contribution in [1.82, 2.24) is 9.88 Å². The van der Waals surface area contributed by atoms with E-state index in [2.05, 4.69) is 16.8 Å². The minimum Gasteiger partial charge on any atom is -0.476 e. The third-order valence-corrected chi connectivity index (χ3v) is 3.67. The predicted octanol–water partition coefficient (Wildman–Crippen LogP) is 1.83. The fourth-order valence-corrected chi connectivity index (χ4v) is 2.56. The van der Waals surface area contributed by atoms with Gasteiger partial charge in [0.2, 0.25) is 5.01 Å². The molecule has 0 spiro atoms. The molecule has 1 aliphatic heterocycles. The van der Waals surface area contributed by atoms with Gasteiger partial charge in [-0.1, -0.05) is 0 Å². The van der Waals surface area contributed by atoms with Gasteiger partial charge in [0.05, 0.1) is 5.69 Å². The summed E-state index contributed by atoms with van der Waals surface area (Å²) in [6, 6.07) is 0.597. The predicted molar refractivity (Wildman–Crippen MR) is 58.2 cm³/mol. The Labute approximate surface area is 92.6 Å². The zero-order chi connectivity index (χ0) is 10.8. The quantitative estimate of drug-likeness (QED) is 0.854. The number of aromatic nitrogens is 1. The van der Waals surface area contributed by atoms with Crippen LogP contribution in [0.25, 0.3) is 0 Å². The lowest BCUT2D eigenvalue weighted by Crippen LogP contribution is -2.26. The minimum atomic E-state index is -0.930. The summed E-state index contributed by atoms with van der Waals surface area (Å²) in [7, 11) is 0. The number of nitrogens with zero attached hydrogens (tertiary/aromatic N) is 2. The van der Waals surface area contributed by atoms with Crippen LogP contribution < -0.4 is 0 Å². The maximum atomic E-state index is 10.7. The first-order valence-electron chi connectivity index (χ1n) is 5.08. The molecule has 0 bridgehead atoms. The second-order valence-electron chi connectivity index (χ2n) is 3.91. The molecule has 1 aromatic heterocycles. The number of carboxylic acids is 1. The molecule has 82 valence electrons. The van der Waals surface area contributed by atoms with Gasteiger partial charge in [-0.15, -0.1) is 11.3 Å². The Bertz CT molecular complexity index is 364. The summed E-state index contributed by atoms with van der Waals surface area (Å²) in [4.78, 5) is 17.1. The maximum absolute atomic E-state index is 10.7. The van der Waals surface area contributed by atoms with Crippen LogP contribution in [0, 0.1) is 0 Å². The van der Waals surface area contributed by atoms with Crippen LogP contribution in [0.5, 0.6) is 0 Å². The van der Waals surface area contributed by atoms with Gasteiger partial charge in [-0.05, 0) is 26.3 Å². The van der Waals surface area contributed by atoms with Gasteiger partial charge in [-0.3, -0.25) is 4.90 Å². The summed E-state index contributed by atoms with van der Waals surface area (Å²) in [6.45, 7) is 4.09. The van der Waals surface area contributed by atoms with Crippen molar-refractivity contribution >= 4 is 17.3 Å². The van der Waals surface area contributed by atoms with E-state index in [0.29, 0.717) is 6.04 Å². The first-order chi connectivity index (χ1) is 7.16. The molecule has 1 N–H and O–H groups in total. The number of carbonyl (C=O) groups is 1. The molecule has 1 aliphatic rings. The van der Waals surface area contributed by atoms with E-state index in [0.717, 1.165) is 18.8 Å². The summed E-state index contributed by atoms with van der Waals surface area (Å²) >= 11 is 1.20. The van der Waals surface area contributed by atoms with Gasteiger partial charge in [0.15, 0.2) is 0 Å². The zero-order valence-corrected chi connectivity index (χ0v) is 9.46. The number of rotatable bonds is 3. The van der Waals surface area contributed by atoms with Gasteiger partial charge >= 0.3 is 5.97 Å². The van der Waals surface area contributed by atoms with Crippen LogP contribution >= 0.6 is 11.3 Å². The summed E-state index contributed by atoms with van der Waals surface area (Å²) in [5, 5.41) is 10.8. The highest BCUT2D eigenvalue weighted by molar-refractivity contribution is 7.11. The van der Waals surface area contributed by atoms with Gasteiger partial charge in [0, 0.05) is 18.0 Å². The Morgan fingerprint density at radius 1 is 1.80 bits per heavy atom. The van der Waals surface area contributed by atoms with Crippen LogP contribution in [0.1, 0.15) is 35.3 Å². The first kappa shape index (κ1) is 10.6. The average Bonchev–Trinajstić information content (AvgIpc) is 2.77. The van der Waals surface area contributed by atoms with Crippen LogP contribution in [0.3, 0.4) is 0 Å². The van der Waals surface area contributed by atoms with Crippen LogP contribution in [0.4, 0.5) is 0 Å². The van der Waals surface area contributed by atoms with Gasteiger partial charge < -0.3 is 5.11 Å². The van der Waals surface area contributed by atoms with Gasteiger partial charge in [-0.2, -0.15) is 0 Å². The molecule has 1 fully saturated rings. The van der Waals surface area contributed by atoms with Crippen molar-refractivity contribution in [2.24, 2.45) is 0 Å². The Morgan fingerprint density at radius 2 is 2.60 bits per heavy atom. The molecular formula is C10H14N2O2S. The maximum Gasteiger partial charge on any atom is 0.365 e. The van der Waals surface area contributed by atoms with Crippen LogP contribution in [0.15, 0.2) is 5.38 Å². The molecule has 0 radical (unpaired) electrons. The molecule has 0 aromatic carbocycles. The normalized spacial score (nSPS) is 22.1. The molecule has 1 atom stereocenters. The highest BCUT2D eigenvalue weighted by Crippen LogP contribution is 2.20. The Balaban J connectivity index is 2.01. The van der Waals surface area contributed by atoms with E-state index < -0.39 is 5.97 Å². The number of aromatic carboxylic acids is 1. The molecule has 2 rings (SSSR count). The molecule has 2 heterocycles. The molecular weight excluding hydrogens is 212 g/mol. The van der Waals surface area contributed by atoms with Gasteiger partial charge in [0.1, 0.15) is 0 Å². The van der Waals surface area contributed by atoms with Crippen LogP contribution in [-0.2, 0) is 6.54 Å². The number of likely N-dealkylation sites (tertiary alicyclic amines) is 1. The minimum absolute atomic E-state index is 0.192. The largest absolute Gasteiger partial charge is 0.476 e. The fourth-order valence-electron chi connectivity index (χ4n) is 1.91. The SMILES string of the molecule is CC1CCCN1Cc1csc(C(=O)O)n1. The van der Waals surface area contributed by atoms with E-state index in [1.807, 2.05) is 5.38 Å². The average molecular weight is 226 g/mol. The third kappa shape index (κ3) is 2.35. The van der Waals surface area contributed by atoms with E-state index in [9.17, 15) is 4.79 Å². The summed E-state index contributed by atoms with van der Waals surface area (Å²) < 4.78 is 0. The summed E-state index contributed by atoms with van der Waals surface area (Å²) in [6.07, 6.45) is 2.47. The van der Waals surface area contributed by atoms with Crippen molar-refractivity contribution in [1.29, 1.82) is 0 Å². The number of hydrogen-bond donors (Lipinski definition) is 1. The molecule has 0 amide bonds. The van der Waals surface area contributed by atoms with E-state index in [1.54, 1.807) is 0 Å². The van der Waals surface area contributed by atoms with Crippen LogP contribution in [0.2, 0.25) is 0 Å². The zero-order valence-electron chi connectivity index (χ0n) is 8.64. The van der Waals surface area contributed by atoms with Crippen molar-refractivity contribution < 1.29 is 9.90 Å². The topological polar surface area (TPSA) is 53.4 Å². The highest BCUT2D eigenvalue weighted by Gasteiger charge is 2.21. The van der Waals surface area contributed by atoms with Gasteiger partial charge in [0.25, 0.3) is 0 Å². The molecule has 15 heavy (non-hydrogen) atoms. The molecule has 1 unspecified atom stereocenters. The summed E-state index contributed by atoms with van der Waals surface area (Å²) in [5.74, 6) is -0.930. The van der Waals surface area contributed by atoms with Crippen molar-refractivity contribution in [3.05, 3.63) is 16.1 Å². The third-order valence-electron chi connectivity index (χ3n) is 2.79. The Kier molecular flexibility index (Phi) is 3.02. The van der Waals surface area contributed by atoms with Crippen molar-refractivity contribution in [3.8, 4) is 0 Å². The lowest BCUT2D eigenvalue weighted by atomic mass is 10.2. The summed E-state index contributed by atoms with van der Waals surface area (Å²) in [5.41, 5.74) is 0.881. The fraction of sp³-hybridized carbons (Fsp3) is 0.600. The van der Waals surface area contributed by atoms with E-state index in [4.69, 9.17) is 5.11 Å². The number of hydrogen-bond acceptors (Lipinski definition) is 4. The standard InChI is InChI=1S/C10H14N2O2S/c1-7-3-2-4-12(7)5-8-6-15-9(11-8)10(13)14/h6-7H,2-5H2,1H3,(H,13,14). The smallest absolute Gasteiger partial charge is 0.365 e. The lowest BCUT2D eigenvalue weighted by Gasteiger charge is -2.19. The van der Waals surface area contributed by atoms with Crippen molar-refractivity contribution in [2.45, 2.75) is 32.4 Å². The molecule has 0 aliphatic carbocycles. The number of carboxylic acid groups (broad SMARTS) is 1. The van der Waals surface area contributed by atoms with Gasteiger partial charge in [-0.25, -0.2) is 9.78 Å². The lowest BCUT2D eigenvalue weighted by molar-refractivity contribution is 0.0696. The van der Waals surface area contributed by atoms with E-state index in [1.165, 1.54) is 24.2 Å². The number of thiazole rings is 1. The highest BCUT2D eigenvalue weighted by atomic mass is 32.1. The Hall–Kier alpha value is -0.940. The van der Waals surface area contributed by atoms with E-state index in [-0.39, 0.29) is 5.01 Å². The van der Waals surface area contributed by atoms with Crippen molar-refractivity contribution in [2.75, 3.05) is 6.54 Å². The first-order valence-corrected chi connectivity index (χ1v) is 5.96. The van der Waals surface area contributed by atoms with Crippen LogP contribution in [-0.4, -0.2) is 33.5 Å². The molecule has 1 aromatic rings. The van der Waals surface area contributed by atoms with Crippen molar-refractivity contribution in [3.63, 3.8) is 0 Å². The second kappa shape index (κ2) is 4.28.